The zero-order chi connectivity index (χ0) is 12.2. The fourth-order valence-electron chi connectivity index (χ4n) is 1.37. The van der Waals surface area contributed by atoms with E-state index in [4.69, 9.17) is 0 Å². The minimum absolute atomic E-state index is 0.0213. The summed E-state index contributed by atoms with van der Waals surface area (Å²) in [6.45, 7) is 2.36. The summed E-state index contributed by atoms with van der Waals surface area (Å²) in [5, 5.41) is 5.19. The molecule has 1 unspecified atom stereocenters. The van der Waals surface area contributed by atoms with Gasteiger partial charge in [0.15, 0.2) is 0 Å². The number of alkyl halides is 2. The number of carbonyl (C=O) groups is 2. The van der Waals surface area contributed by atoms with Gasteiger partial charge in [-0.25, -0.2) is 4.79 Å². The van der Waals surface area contributed by atoms with Crippen LogP contribution in [0.2, 0.25) is 0 Å². The number of amides is 1. The van der Waals surface area contributed by atoms with Crippen LogP contribution in [-0.2, 0) is 14.3 Å². The van der Waals surface area contributed by atoms with Gasteiger partial charge in [-0.05, 0) is 6.92 Å². The lowest BCUT2D eigenvalue weighted by Gasteiger charge is -2.09. The number of hydrogen-bond acceptors (Lipinski definition) is 4. The number of cyclic esters (lactones) is 1. The van der Waals surface area contributed by atoms with Crippen LogP contribution in [0.15, 0.2) is 0 Å². The Bertz CT molecular complexity index is 284. The molecule has 5 nitrogen and oxygen atoms in total. The average Bonchev–Trinajstić information content (AvgIpc) is 2.41. The van der Waals surface area contributed by atoms with Crippen molar-refractivity contribution >= 4 is 11.9 Å². The minimum atomic E-state index is -3.39. The van der Waals surface area contributed by atoms with Gasteiger partial charge in [-0.1, -0.05) is 0 Å². The smallest absolute Gasteiger partial charge is 0.377 e. The molecule has 2 N–H and O–H groups in total. The molecule has 0 bridgehead atoms. The number of halogens is 2. The van der Waals surface area contributed by atoms with Crippen molar-refractivity contribution < 1.29 is 23.1 Å². The van der Waals surface area contributed by atoms with Gasteiger partial charge in [-0.15, -0.1) is 0 Å². The van der Waals surface area contributed by atoms with Crippen molar-refractivity contribution in [3.05, 3.63) is 0 Å². The highest BCUT2D eigenvalue weighted by molar-refractivity contribution is 5.80. The van der Waals surface area contributed by atoms with Gasteiger partial charge in [0.1, 0.15) is 6.10 Å². The molecule has 0 aliphatic carbocycles. The van der Waals surface area contributed by atoms with Gasteiger partial charge in [0, 0.05) is 13.1 Å². The maximum atomic E-state index is 12.7. The van der Waals surface area contributed by atoms with Crippen LogP contribution < -0.4 is 10.6 Å². The van der Waals surface area contributed by atoms with Crippen LogP contribution in [-0.4, -0.2) is 43.5 Å². The summed E-state index contributed by atoms with van der Waals surface area (Å²) in [6, 6.07) is 0. The van der Waals surface area contributed by atoms with E-state index in [1.165, 1.54) is 0 Å². The van der Waals surface area contributed by atoms with Gasteiger partial charge >= 0.3 is 11.9 Å². The molecule has 1 fully saturated rings. The number of rotatable bonds is 5. The SMILES string of the molecule is CCNC(=O)CNCC1CC(F)(F)C(=O)O1. The molecule has 92 valence electrons. The second kappa shape index (κ2) is 5.20. The highest BCUT2D eigenvalue weighted by atomic mass is 19.3. The molecular formula is C9H14F2N2O3. The number of ether oxygens (including phenoxy) is 1. The fourth-order valence-corrected chi connectivity index (χ4v) is 1.37. The minimum Gasteiger partial charge on any atom is -0.456 e. The first-order valence-corrected chi connectivity index (χ1v) is 5.02. The van der Waals surface area contributed by atoms with Crippen LogP contribution in [0.25, 0.3) is 0 Å². The summed E-state index contributed by atoms with van der Waals surface area (Å²) in [5.41, 5.74) is 0. The molecule has 0 spiro atoms. The van der Waals surface area contributed by atoms with Crippen LogP contribution in [0.1, 0.15) is 13.3 Å². The van der Waals surface area contributed by atoms with Crippen molar-refractivity contribution in [1.29, 1.82) is 0 Å². The quantitative estimate of drug-likeness (QED) is 0.641. The second-order valence-electron chi connectivity index (χ2n) is 3.52. The van der Waals surface area contributed by atoms with E-state index in [1.807, 2.05) is 0 Å². The molecule has 0 aromatic carbocycles. The summed E-state index contributed by atoms with van der Waals surface area (Å²) < 4.78 is 29.9. The molecule has 1 aliphatic heterocycles. The Morgan fingerprint density at radius 2 is 2.31 bits per heavy atom. The molecule has 1 amide bonds. The Morgan fingerprint density at radius 3 is 2.81 bits per heavy atom. The van der Waals surface area contributed by atoms with Gasteiger partial charge in [-0.3, -0.25) is 4.79 Å². The molecule has 1 saturated heterocycles. The van der Waals surface area contributed by atoms with E-state index in [0.29, 0.717) is 6.54 Å². The summed E-state index contributed by atoms with van der Waals surface area (Å²) >= 11 is 0. The third-order valence-corrected chi connectivity index (χ3v) is 2.09. The molecule has 1 aliphatic rings. The lowest BCUT2D eigenvalue weighted by atomic mass is 10.2. The van der Waals surface area contributed by atoms with Crippen molar-refractivity contribution in [1.82, 2.24) is 10.6 Å². The van der Waals surface area contributed by atoms with E-state index in [-0.39, 0.29) is 19.0 Å². The Kier molecular flexibility index (Phi) is 4.17. The second-order valence-corrected chi connectivity index (χ2v) is 3.52. The predicted octanol–water partition coefficient (Wildman–Crippen LogP) is -0.337. The Morgan fingerprint density at radius 1 is 1.62 bits per heavy atom. The van der Waals surface area contributed by atoms with Crippen LogP contribution in [0.5, 0.6) is 0 Å². The molecule has 16 heavy (non-hydrogen) atoms. The molecule has 1 heterocycles. The van der Waals surface area contributed by atoms with Crippen molar-refractivity contribution in [2.24, 2.45) is 0 Å². The number of carbonyl (C=O) groups excluding carboxylic acids is 2. The maximum absolute atomic E-state index is 12.7. The van der Waals surface area contributed by atoms with Gasteiger partial charge in [0.05, 0.1) is 13.0 Å². The van der Waals surface area contributed by atoms with Crippen molar-refractivity contribution in [2.45, 2.75) is 25.4 Å². The zero-order valence-corrected chi connectivity index (χ0v) is 8.89. The van der Waals surface area contributed by atoms with Crippen LogP contribution >= 0.6 is 0 Å². The van der Waals surface area contributed by atoms with Gasteiger partial charge in [0.2, 0.25) is 5.91 Å². The number of esters is 1. The molecule has 1 rings (SSSR count). The number of nitrogens with one attached hydrogen (secondary N) is 2. The molecule has 0 aromatic heterocycles. The molecule has 0 aromatic rings. The maximum Gasteiger partial charge on any atom is 0.377 e. The third kappa shape index (κ3) is 3.41. The lowest BCUT2D eigenvalue weighted by Crippen LogP contribution is -2.37. The van der Waals surface area contributed by atoms with E-state index in [0.717, 1.165) is 0 Å². The Balaban J connectivity index is 2.21. The van der Waals surface area contributed by atoms with E-state index >= 15 is 0 Å². The summed E-state index contributed by atoms with van der Waals surface area (Å²) in [4.78, 5) is 21.6. The van der Waals surface area contributed by atoms with Crippen molar-refractivity contribution in [3.63, 3.8) is 0 Å². The van der Waals surface area contributed by atoms with Crippen molar-refractivity contribution in [3.8, 4) is 0 Å². The summed E-state index contributed by atoms with van der Waals surface area (Å²) in [6.07, 6.45) is -1.49. The van der Waals surface area contributed by atoms with Crippen LogP contribution in [0.3, 0.4) is 0 Å². The van der Waals surface area contributed by atoms with E-state index in [2.05, 4.69) is 15.4 Å². The predicted molar refractivity (Wildman–Crippen MR) is 51.0 cm³/mol. The van der Waals surface area contributed by atoms with E-state index in [1.54, 1.807) is 6.92 Å². The van der Waals surface area contributed by atoms with E-state index in [9.17, 15) is 18.4 Å². The van der Waals surface area contributed by atoms with Gasteiger partial charge in [0.25, 0.3) is 0 Å². The monoisotopic (exact) mass is 236 g/mol. The van der Waals surface area contributed by atoms with Crippen molar-refractivity contribution in [2.75, 3.05) is 19.6 Å². The highest BCUT2D eigenvalue weighted by Gasteiger charge is 2.50. The first kappa shape index (κ1) is 12.8. The standard InChI is InChI=1S/C9H14F2N2O3/c1-2-13-7(14)5-12-4-6-3-9(10,11)8(15)16-6/h6,12H,2-5H2,1H3,(H,13,14). The van der Waals surface area contributed by atoms with Crippen LogP contribution in [0, 0.1) is 0 Å². The summed E-state index contributed by atoms with van der Waals surface area (Å²) in [5.74, 6) is -5.10. The van der Waals surface area contributed by atoms with Gasteiger partial charge < -0.3 is 15.4 Å². The topological polar surface area (TPSA) is 67.4 Å². The molecular weight excluding hydrogens is 222 g/mol. The summed E-state index contributed by atoms with van der Waals surface area (Å²) in [7, 11) is 0. The molecule has 7 heteroatoms. The zero-order valence-electron chi connectivity index (χ0n) is 8.89. The van der Waals surface area contributed by atoms with E-state index < -0.39 is 24.4 Å². The normalized spacial score (nSPS) is 22.9. The fraction of sp³-hybridized carbons (Fsp3) is 0.778. The molecule has 1 atom stereocenters. The largest absolute Gasteiger partial charge is 0.456 e. The first-order valence-electron chi connectivity index (χ1n) is 5.02. The number of hydrogen-bond donors (Lipinski definition) is 2. The van der Waals surface area contributed by atoms with Crippen LogP contribution in [0.4, 0.5) is 8.78 Å². The average molecular weight is 236 g/mol. The number of likely N-dealkylation sites (N-methyl/N-ethyl adjacent to an activating group) is 1. The third-order valence-electron chi connectivity index (χ3n) is 2.09. The van der Waals surface area contributed by atoms with Gasteiger partial charge in [-0.2, -0.15) is 8.78 Å². The molecule has 0 radical (unpaired) electrons. The molecule has 0 saturated carbocycles. The first-order chi connectivity index (χ1) is 7.45. The lowest BCUT2D eigenvalue weighted by molar-refractivity contribution is -0.158. The Labute approximate surface area is 91.5 Å². The highest BCUT2D eigenvalue weighted by Crippen LogP contribution is 2.30. The Hall–Kier alpha value is -1.24.